The lowest BCUT2D eigenvalue weighted by atomic mass is 10.0. The predicted octanol–water partition coefficient (Wildman–Crippen LogP) is 4.10. The Morgan fingerprint density at radius 3 is 1.86 bits per heavy atom. The molecule has 2 heteroatoms. The van der Waals surface area contributed by atoms with Crippen molar-refractivity contribution in [2.24, 2.45) is 5.92 Å². The van der Waals surface area contributed by atoms with Gasteiger partial charge in [-0.25, -0.2) is 0 Å². The number of nitrogens with one attached hydrogen (secondary N) is 1. The summed E-state index contributed by atoms with van der Waals surface area (Å²) < 4.78 is 0. The Morgan fingerprint density at radius 1 is 0.909 bits per heavy atom. The van der Waals surface area contributed by atoms with Crippen molar-refractivity contribution in [2.45, 2.75) is 31.6 Å². The molecule has 2 nitrogen and oxygen atoms in total. The van der Waals surface area contributed by atoms with Crippen LogP contribution in [0.3, 0.4) is 0 Å². The Labute approximate surface area is 132 Å². The van der Waals surface area contributed by atoms with E-state index in [4.69, 9.17) is 0 Å². The van der Waals surface area contributed by atoms with E-state index in [2.05, 4.69) is 60.8 Å². The van der Waals surface area contributed by atoms with E-state index in [9.17, 15) is 4.79 Å². The van der Waals surface area contributed by atoms with Crippen LogP contribution in [0.25, 0.3) is 0 Å². The molecule has 2 aromatic carbocycles. The summed E-state index contributed by atoms with van der Waals surface area (Å²) in [6.07, 6.45) is 2.15. The minimum absolute atomic E-state index is 0.0710. The molecule has 0 saturated heterocycles. The maximum atomic E-state index is 12.5. The molecule has 0 radical (unpaired) electrons. The SMILES string of the molecule is CCCCNC(=O)C1[C@H](c2ccccc2)[C@H]1c1ccccc1. The second-order valence-corrected chi connectivity index (χ2v) is 6.04. The molecule has 1 saturated carbocycles. The monoisotopic (exact) mass is 293 g/mol. The Balaban J connectivity index is 1.79. The van der Waals surface area contributed by atoms with Crippen LogP contribution in [-0.4, -0.2) is 12.5 Å². The van der Waals surface area contributed by atoms with Gasteiger partial charge in [-0.15, -0.1) is 0 Å². The normalized spacial score (nSPS) is 23.0. The summed E-state index contributed by atoms with van der Waals surface area (Å²) >= 11 is 0. The third-order valence-corrected chi connectivity index (χ3v) is 4.52. The summed E-state index contributed by atoms with van der Waals surface area (Å²) in [6.45, 7) is 2.93. The van der Waals surface area contributed by atoms with Crippen molar-refractivity contribution in [3.63, 3.8) is 0 Å². The van der Waals surface area contributed by atoms with Crippen molar-refractivity contribution in [1.29, 1.82) is 0 Å². The van der Waals surface area contributed by atoms with Crippen molar-refractivity contribution >= 4 is 5.91 Å². The largest absolute Gasteiger partial charge is 0.356 e. The number of carbonyl (C=O) groups is 1. The van der Waals surface area contributed by atoms with E-state index >= 15 is 0 Å². The van der Waals surface area contributed by atoms with Gasteiger partial charge in [-0.3, -0.25) is 4.79 Å². The molecule has 0 bridgehead atoms. The Kier molecular flexibility index (Phi) is 4.57. The van der Waals surface area contributed by atoms with Gasteiger partial charge in [-0.05, 0) is 17.5 Å². The highest BCUT2D eigenvalue weighted by Crippen LogP contribution is 2.60. The Morgan fingerprint density at radius 2 is 1.41 bits per heavy atom. The van der Waals surface area contributed by atoms with E-state index in [1.807, 2.05) is 12.1 Å². The lowest BCUT2D eigenvalue weighted by molar-refractivity contribution is -0.122. The van der Waals surface area contributed by atoms with Crippen LogP contribution < -0.4 is 5.32 Å². The van der Waals surface area contributed by atoms with Gasteiger partial charge in [0.2, 0.25) is 5.91 Å². The molecule has 1 N–H and O–H groups in total. The van der Waals surface area contributed by atoms with Gasteiger partial charge in [0.05, 0.1) is 5.92 Å². The van der Waals surface area contributed by atoms with Crippen LogP contribution in [0.15, 0.2) is 60.7 Å². The first kappa shape index (κ1) is 14.8. The number of carbonyl (C=O) groups excluding carboxylic acids is 1. The zero-order valence-electron chi connectivity index (χ0n) is 13.0. The highest BCUT2D eigenvalue weighted by molar-refractivity contribution is 5.85. The number of unbranched alkanes of at least 4 members (excludes halogenated alkanes) is 1. The smallest absolute Gasteiger partial charge is 0.224 e. The van der Waals surface area contributed by atoms with E-state index in [-0.39, 0.29) is 11.8 Å². The van der Waals surface area contributed by atoms with Crippen molar-refractivity contribution < 1.29 is 4.79 Å². The van der Waals surface area contributed by atoms with Crippen LogP contribution in [0.2, 0.25) is 0 Å². The topological polar surface area (TPSA) is 29.1 Å². The van der Waals surface area contributed by atoms with Gasteiger partial charge in [-0.1, -0.05) is 74.0 Å². The molecule has 22 heavy (non-hydrogen) atoms. The first-order chi connectivity index (χ1) is 10.8. The standard InChI is InChI=1S/C20H23NO/c1-2-3-14-21-20(22)19-17(15-10-6-4-7-11-15)18(19)16-12-8-5-9-13-16/h4-13,17-19H,2-3,14H2,1H3,(H,21,22)/t17-,18-/m1/s1. The number of amides is 1. The number of hydrogen-bond donors (Lipinski definition) is 1. The molecule has 2 atom stereocenters. The van der Waals surface area contributed by atoms with Crippen LogP contribution in [0.1, 0.15) is 42.7 Å². The van der Waals surface area contributed by atoms with Crippen LogP contribution in [0.4, 0.5) is 0 Å². The van der Waals surface area contributed by atoms with Crippen molar-refractivity contribution in [3.05, 3.63) is 71.8 Å². The molecule has 0 spiro atoms. The van der Waals surface area contributed by atoms with Crippen molar-refractivity contribution in [2.75, 3.05) is 6.54 Å². The van der Waals surface area contributed by atoms with Gasteiger partial charge in [-0.2, -0.15) is 0 Å². The quantitative estimate of drug-likeness (QED) is 0.798. The molecular weight excluding hydrogens is 270 g/mol. The van der Waals surface area contributed by atoms with E-state index in [1.54, 1.807) is 0 Å². The summed E-state index contributed by atoms with van der Waals surface area (Å²) in [7, 11) is 0. The van der Waals surface area contributed by atoms with Gasteiger partial charge < -0.3 is 5.32 Å². The van der Waals surface area contributed by atoms with E-state index in [0.717, 1.165) is 19.4 Å². The second-order valence-electron chi connectivity index (χ2n) is 6.04. The minimum atomic E-state index is 0.0710. The average molecular weight is 293 g/mol. The molecule has 0 unspecified atom stereocenters. The Hall–Kier alpha value is -2.09. The summed E-state index contributed by atoms with van der Waals surface area (Å²) in [5.74, 6) is 0.897. The molecule has 1 amide bonds. The summed E-state index contributed by atoms with van der Waals surface area (Å²) in [5, 5.41) is 3.11. The lowest BCUT2D eigenvalue weighted by Gasteiger charge is -2.03. The average Bonchev–Trinajstić information content (AvgIpc) is 3.32. The van der Waals surface area contributed by atoms with Crippen molar-refractivity contribution in [3.8, 4) is 0 Å². The molecular formula is C20H23NO. The van der Waals surface area contributed by atoms with Gasteiger partial charge in [0, 0.05) is 18.4 Å². The van der Waals surface area contributed by atoms with Crippen LogP contribution in [0, 0.1) is 5.92 Å². The molecule has 114 valence electrons. The van der Waals surface area contributed by atoms with E-state index in [0.29, 0.717) is 11.8 Å². The number of benzene rings is 2. The Bertz CT molecular complexity index is 563. The van der Waals surface area contributed by atoms with Crippen LogP contribution in [0.5, 0.6) is 0 Å². The van der Waals surface area contributed by atoms with Crippen LogP contribution >= 0.6 is 0 Å². The first-order valence-electron chi connectivity index (χ1n) is 8.20. The zero-order chi connectivity index (χ0) is 15.4. The van der Waals surface area contributed by atoms with Gasteiger partial charge in [0.15, 0.2) is 0 Å². The third-order valence-electron chi connectivity index (χ3n) is 4.52. The summed E-state index contributed by atoms with van der Waals surface area (Å²) in [6, 6.07) is 20.8. The number of rotatable bonds is 6. The maximum Gasteiger partial charge on any atom is 0.224 e. The minimum Gasteiger partial charge on any atom is -0.356 e. The van der Waals surface area contributed by atoms with E-state index in [1.165, 1.54) is 11.1 Å². The predicted molar refractivity (Wildman–Crippen MR) is 89.8 cm³/mol. The molecule has 1 aliphatic rings. The van der Waals surface area contributed by atoms with Gasteiger partial charge >= 0.3 is 0 Å². The second kappa shape index (κ2) is 6.78. The fraction of sp³-hybridized carbons (Fsp3) is 0.350. The van der Waals surface area contributed by atoms with E-state index < -0.39 is 0 Å². The lowest BCUT2D eigenvalue weighted by Crippen LogP contribution is -2.26. The summed E-state index contributed by atoms with van der Waals surface area (Å²) in [5.41, 5.74) is 2.54. The molecule has 1 aliphatic carbocycles. The van der Waals surface area contributed by atoms with Crippen molar-refractivity contribution in [1.82, 2.24) is 5.32 Å². The molecule has 0 aromatic heterocycles. The van der Waals surface area contributed by atoms with Gasteiger partial charge in [0.1, 0.15) is 0 Å². The fourth-order valence-electron chi connectivity index (χ4n) is 3.32. The highest BCUT2D eigenvalue weighted by Gasteiger charge is 2.55. The zero-order valence-corrected chi connectivity index (χ0v) is 13.0. The fourth-order valence-corrected chi connectivity index (χ4v) is 3.32. The molecule has 1 fully saturated rings. The molecule has 3 rings (SSSR count). The highest BCUT2D eigenvalue weighted by atomic mass is 16.2. The molecule has 0 aliphatic heterocycles. The van der Waals surface area contributed by atoms with Gasteiger partial charge in [0.25, 0.3) is 0 Å². The molecule has 2 aromatic rings. The van der Waals surface area contributed by atoms with Crippen LogP contribution in [-0.2, 0) is 4.79 Å². The summed E-state index contributed by atoms with van der Waals surface area (Å²) in [4.78, 5) is 12.5. The third kappa shape index (κ3) is 3.06. The molecule has 0 heterocycles. The maximum absolute atomic E-state index is 12.5. The number of hydrogen-bond acceptors (Lipinski definition) is 1. The first-order valence-corrected chi connectivity index (χ1v) is 8.20.